The smallest absolute Gasteiger partial charge is 0.269 e. The lowest BCUT2D eigenvalue weighted by Gasteiger charge is -2.09. The molecule has 22 heavy (non-hydrogen) atoms. The minimum absolute atomic E-state index is 0.0590. The van der Waals surface area contributed by atoms with Crippen LogP contribution in [0.2, 0.25) is 0 Å². The first-order chi connectivity index (χ1) is 10.2. The molecule has 0 radical (unpaired) electrons. The van der Waals surface area contributed by atoms with Crippen LogP contribution in [0, 0.1) is 0 Å². The molecule has 0 amide bonds. The summed E-state index contributed by atoms with van der Waals surface area (Å²) in [6.45, 7) is 0. The summed E-state index contributed by atoms with van der Waals surface area (Å²) in [7, 11) is -7.87. The first kappa shape index (κ1) is 16.3. The topological polar surface area (TPSA) is 127 Å². The molecular weight excluding hydrogens is 328 g/mol. The van der Waals surface area contributed by atoms with Crippen molar-refractivity contribution in [2.24, 2.45) is 0 Å². The maximum atomic E-state index is 12.1. The Morgan fingerprint density at radius 2 is 1.45 bits per heavy atom. The second-order valence-electron chi connectivity index (χ2n) is 4.60. The van der Waals surface area contributed by atoms with Crippen molar-refractivity contribution in [3.8, 4) is 0 Å². The largest absolute Gasteiger partial charge is 0.399 e. The monoisotopic (exact) mass is 342 g/mol. The van der Waals surface area contributed by atoms with Gasteiger partial charge in [0.25, 0.3) is 20.1 Å². The van der Waals surface area contributed by atoms with Gasteiger partial charge in [-0.15, -0.1) is 0 Å². The molecule has 0 fully saturated rings. The molecule has 0 spiro atoms. The van der Waals surface area contributed by atoms with Crippen LogP contribution in [0.4, 0.5) is 11.4 Å². The van der Waals surface area contributed by atoms with Gasteiger partial charge in [0.2, 0.25) is 0 Å². The molecule has 0 aliphatic rings. The average molecular weight is 342 g/mol. The van der Waals surface area contributed by atoms with Crippen LogP contribution in [0.15, 0.2) is 53.4 Å². The first-order valence-electron chi connectivity index (χ1n) is 6.08. The van der Waals surface area contributed by atoms with Gasteiger partial charge in [0.15, 0.2) is 0 Å². The van der Waals surface area contributed by atoms with Crippen LogP contribution >= 0.6 is 0 Å². The van der Waals surface area contributed by atoms with Crippen molar-refractivity contribution >= 4 is 31.5 Å². The Hall–Kier alpha value is -2.10. The molecular formula is C13H14N2O5S2. The normalized spacial score (nSPS) is 12.0. The number of nitrogens with two attached hydrogens (primary N) is 1. The highest BCUT2D eigenvalue weighted by Crippen LogP contribution is 2.18. The number of rotatable bonds is 5. The molecule has 0 aliphatic carbocycles. The van der Waals surface area contributed by atoms with E-state index in [9.17, 15) is 16.8 Å². The third kappa shape index (κ3) is 4.45. The molecule has 0 atom stereocenters. The highest BCUT2D eigenvalue weighted by molar-refractivity contribution is 7.92. The molecule has 7 nitrogen and oxygen atoms in total. The lowest BCUT2D eigenvalue weighted by molar-refractivity contribution is 0.482. The molecule has 9 heteroatoms. The number of sulfonamides is 1. The molecule has 2 rings (SSSR count). The van der Waals surface area contributed by atoms with Gasteiger partial charge in [-0.05, 0) is 42.0 Å². The van der Waals surface area contributed by atoms with Crippen molar-refractivity contribution in [2.75, 3.05) is 10.5 Å². The van der Waals surface area contributed by atoms with Crippen LogP contribution in [-0.4, -0.2) is 21.4 Å². The van der Waals surface area contributed by atoms with E-state index in [4.69, 9.17) is 10.3 Å². The van der Waals surface area contributed by atoms with Crippen LogP contribution < -0.4 is 10.5 Å². The van der Waals surface area contributed by atoms with E-state index in [1.54, 1.807) is 0 Å². The number of anilines is 2. The van der Waals surface area contributed by atoms with Crippen LogP contribution in [-0.2, 0) is 25.9 Å². The predicted octanol–water partition coefficient (Wildman–Crippen LogP) is 1.46. The lowest BCUT2D eigenvalue weighted by atomic mass is 10.2. The van der Waals surface area contributed by atoms with Crippen LogP contribution in [0.3, 0.4) is 0 Å². The fourth-order valence-electron chi connectivity index (χ4n) is 1.74. The maximum absolute atomic E-state index is 12.1. The number of benzene rings is 2. The van der Waals surface area contributed by atoms with Crippen molar-refractivity contribution < 1.29 is 21.4 Å². The summed E-state index contributed by atoms with van der Waals surface area (Å²) in [6, 6.07) is 11.4. The van der Waals surface area contributed by atoms with Gasteiger partial charge in [-0.2, -0.15) is 8.42 Å². The summed E-state index contributed by atoms with van der Waals surface area (Å²) in [5, 5.41) is 0. The molecule has 0 unspecified atom stereocenters. The Bertz CT molecular complexity index is 858. The summed E-state index contributed by atoms with van der Waals surface area (Å²) in [4.78, 5) is 0.0590. The van der Waals surface area contributed by atoms with Crippen molar-refractivity contribution in [2.45, 2.75) is 10.6 Å². The van der Waals surface area contributed by atoms with E-state index in [-0.39, 0.29) is 10.6 Å². The number of nitrogens with one attached hydrogen (secondary N) is 1. The first-order valence-corrected chi connectivity index (χ1v) is 9.17. The predicted molar refractivity (Wildman–Crippen MR) is 83.4 cm³/mol. The molecule has 0 heterocycles. The zero-order chi connectivity index (χ0) is 16.4. The molecule has 118 valence electrons. The summed E-state index contributed by atoms with van der Waals surface area (Å²) < 4.78 is 56.9. The second kappa shape index (κ2) is 5.95. The van der Waals surface area contributed by atoms with Gasteiger partial charge in [0.05, 0.1) is 4.90 Å². The van der Waals surface area contributed by atoms with E-state index in [1.807, 2.05) is 0 Å². The maximum Gasteiger partial charge on any atom is 0.269 e. The van der Waals surface area contributed by atoms with Crippen LogP contribution in [0.5, 0.6) is 0 Å². The average Bonchev–Trinajstić information content (AvgIpc) is 2.39. The minimum atomic E-state index is -4.12. The van der Waals surface area contributed by atoms with Crippen LogP contribution in [0.25, 0.3) is 0 Å². The van der Waals surface area contributed by atoms with Gasteiger partial charge in [-0.3, -0.25) is 9.27 Å². The van der Waals surface area contributed by atoms with Crippen molar-refractivity contribution in [1.29, 1.82) is 0 Å². The van der Waals surface area contributed by atoms with E-state index in [0.29, 0.717) is 11.3 Å². The Kier molecular flexibility index (Phi) is 4.40. The molecule has 2 aromatic carbocycles. The molecule has 0 saturated carbocycles. The third-order valence-corrected chi connectivity index (χ3v) is 4.84. The van der Waals surface area contributed by atoms with Gasteiger partial charge < -0.3 is 5.73 Å². The van der Waals surface area contributed by atoms with Crippen LogP contribution in [0.1, 0.15) is 5.56 Å². The molecule has 4 N–H and O–H groups in total. The fourth-order valence-corrected chi connectivity index (χ4v) is 3.41. The van der Waals surface area contributed by atoms with Gasteiger partial charge in [-0.1, -0.05) is 12.1 Å². The van der Waals surface area contributed by atoms with Gasteiger partial charge >= 0.3 is 0 Å². The summed E-state index contributed by atoms with van der Waals surface area (Å²) in [5.41, 5.74) is 6.58. The quantitative estimate of drug-likeness (QED) is 0.558. The van der Waals surface area contributed by atoms with Crippen molar-refractivity contribution in [3.63, 3.8) is 0 Å². The SMILES string of the molecule is Nc1ccc(S(=O)(=O)Nc2ccc(CS(=O)(=O)O)cc2)cc1. The summed E-state index contributed by atoms with van der Waals surface area (Å²) in [5.74, 6) is -0.530. The van der Waals surface area contributed by atoms with E-state index in [1.165, 1.54) is 48.5 Å². The molecule has 0 saturated heterocycles. The van der Waals surface area contributed by atoms with E-state index >= 15 is 0 Å². The number of hydrogen-bond donors (Lipinski definition) is 3. The Balaban J connectivity index is 2.18. The lowest BCUT2D eigenvalue weighted by Crippen LogP contribution is -2.13. The highest BCUT2D eigenvalue weighted by atomic mass is 32.2. The summed E-state index contributed by atoms with van der Waals surface area (Å²) in [6.07, 6.45) is 0. The third-order valence-electron chi connectivity index (χ3n) is 2.75. The molecule has 2 aromatic rings. The van der Waals surface area contributed by atoms with Gasteiger partial charge in [0.1, 0.15) is 5.75 Å². The van der Waals surface area contributed by atoms with E-state index in [2.05, 4.69) is 4.72 Å². The Morgan fingerprint density at radius 3 is 1.95 bits per heavy atom. The molecule has 0 bridgehead atoms. The molecule has 0 aliphatic heterocycles. The van der Waals surface area contributed by atoms with E-state index in [0.717, 1.165) is 0 Å². The highest BCUT2D eigenvalue weighted by Gasteiger charge is 2.14. The molecule has 0 aromatic heterocycles. The van der Waals surface area contributed by atoms with Crippen molar-refractivity contribution in [1.82, 2.24) is 0 Å². The Morgan fingerprint density at radius 1 is 0.909 bits per heavy atom. The van der Waals surface area contributed by atoms with Gasteiger partial charge in [-0.25, -0.2) is 8.42 Å². The number of hydrogen-bond acceptors (Lipinski definition) is 5. The van der Waals surface area contributed by atoms with Gasteiger partial charge in [0, 0.05) is 11.4 Å². The number of nitrogen functional groups attached to an aromatic ring is 1. The second-order valence-corrected chi connectivity index (χ2v) is 7.73. The van der Waals surface area contributed by atoms with Crippen molar-refractivity contribution in [3.05, 3.63) is 54.1 Å². The minimum Gasteiger partial charge on any atom is -0.399 e. The fraction of sp³-hybridized carbons (Fsp3) is 0.0769. The zero-order valence-electron chi connectivity index (χ0n) is 11.3. The van der Waals surface area contributed by atoms with E-state index < -0.39 is 25.9 Å². The summed E-state index contributed by atoms with van der Waals surface area (Å²) >= 11 is 0. The zero-order valence-corrected chi connectivity index (χ0v) is 12.9. The Labute approximate surface area is 128 Å². The standard InChI is InChI=1S/C13H14N2O5S2/c14-11-3-7-13(8-4-11)22(19,20)15-12-5-1-10(2-6-12)9-21(16,17)18/h1-8,15H,9,14H2,(H,16,17,18).